The summed E-state index contributed by atoms with van der Waals surface area (Å²) in [5, 5.41) is 1.23. The molecule has 2 aromatic rings. The number of carbonyl (C=O) groups is 1. The highest BCUT2D eigenvalue weighted by molar-refractivity contribution is 6.45. The summed E-state index contributed by atoms with van der Waals surface area (Å²) in [7, 11) is 1.27. The third-order valence-corrected chi connectivity index (χ3v) is 3.81. The Morgan fingerprint density at radius 3 is 2.45 bits per heavy atom. The summed E-state index contributed by atoms with van der Waals surface area (Å²) >= 11 is 24.1. The minimum Gasteiger partial charge on any atom is -0.464 e. The lowest BCUT2D eigenvalue weighted by Gasteiger charge is -2.09. The monoisotopic (exact) mass is 349 g/mol. The minimum absolute atomic E-state index is 0.110. The largest absolute Gasteiger partial charge is 0.464 e. The van der Waals surface area contributed by atoms with Gasteiger partial charge in [0.2, 0.25) is 0 Å². The molecular formula is C13H7Cl4NO2. The van der Waals surface area contributed by atoms with E-state index in [-0.39, 0.29) is 15.7 Å². The standard InChI is InChI=1S/C13H7Cl4NO2/c1-20-13(19)10-3-2-8(15)12(18-10)7-4-6(14)5-9(16)11(7)17/h2-5H,1H3. The van der Waals surface area contributed by atoms with Crippen LogP contribution in [0, 0.1) is 0 Å². The molecule has 0 aliphatic heterocycles. The van der Waals surface area contributed by atoms with E-state index in [1.54, 1.807) is 6.07 Å². The molecule has 7 heteroatoms. The number of hydrogen-bond donors (Lipinski definition) is 0. The zero-order valence-corrected chi connectivity index (χ0v) is 13.1. The number of nitrogens with zero attached hydrogens (tertiary/aromatic N) is 1. The van der Waals surface area contributed by atoms with Gasteiger partial charge in [-0.05, 0) is 24.3 Å². The molecule has 0 radical (unpaired) electrons. The van der Waals surface area contributed by atoms with Crippen LogP contribution in [0.25, 0.3) is 11.3 Å². The summed E-state index contributed by atoms with van der Waals surface area (Å²) < 4.78 is 4.62. The van der Waals surface area contributed by atoms with E-state index in [1.165, 1.54) is 25.3 Å². The van der Waals surface area contributed by atoms with Crippen LogP contribution < -0.4 is 0 Å². The Morgan fingerprint density at radius 2 is 1.80 bits per heavy atom. The molecule has 0 aliphatic rings. The van der Waals surface area contributed by atoms with E-state index >= 15 is 0 Å². The Kier molecular flexibility index (Phi) is 4.76. The Labute approximate surface area is 135 Å². The number of hydrogen-bond acceptors (Lipinski definition) is 3. The average molecular weight is 351 g/mol. The van der Waals surface area contributed by atoms with Crippen LogP contribution in [0.5, 0.6) is 0 Å². The fourth-order valence-corrected chi connectivity index (χ4v) is 2.48. The number of esters is 1. The predicted molar refractivity (Wildman–Crippen MR) is 81.1 cm³/mol. The van der Waals surface area contributed by atoms with Gasteiger partial charge in [-0.1, -0.05) is 46.4 Å². The van der Waals surface area contributed by atoms with Crippen molar-refractivity contribution in [1.82, 2.24) is 4.98 Å². The highest BCUT2D eigenvalue weighted by Gasteiger charge is 2.16. The number of aromatic nitrogens is 1. The smallest absolute Gasteiger partial charge is 0.356 e. The first kappa shape index (κ1) is 15.4. The first-order valence-corrected chi connectivity index (χ1v) is 6.85. The molecule has 0 saturated carbocycles. The van der Waals surface area contributed by atoms with Crippen LogP contribution in [-0.4, -0.2) is 18.1 Å². The van der Waals surface area contributed by atoms with Gasteiger partial charge in [-0.2, -0.15) is 0 Å². The van der Waals surface area contributed by atoms with Gasteiger partial charge in [-0.3, -0.25) is 0 Å². The molecule has 0 unspecified atom stereocenters. The lowest BCUT2D eigenvalue weighted by Crippen LogP contribution is -2.05. The van der Waals surface area contributed by atoms with Crippen molar-refractivity contribution in [3.8, 4) is 11.3 Å². The van der Waals surface area contributed by atoms with Crippen LogP contribution >= 0.6 is 46.4 Å². The quantitative estimate of drug-likeness (QED) is 0.555. The average Bonchev–Trinajstić information content (AvgIpc) is 2.42. The van der Waals surface area contributed by atoms with Gasteiger partial charge in [0.1, 0.15) is 5.69 Å². The molecule has 2 rings (SSSR count). The molecule has 20 heavy (non-hydrogen) atoms. The summed E-state index contributed by atoms with van der Waals surface area (Å²) in [6.45, 7) is 0. The Morgan fingerprint density at radius 1 is 1.10 bits per heavy atom. The van der Waals surface area contributed by atoms with Crippen LogP contribution in [0.2, 0.25) is 20.1 Å². The first-order valence-electron chi connectivity index (χ1n) is 5.34. The van der Waals surface area contributed by atoms with Crippen LogP contribution in [0.1, 0.15) is 10.5 Å². The van der Waals surface area contributed by atoms with E-state index in [1.807, 2.05) is 0 Å². The number of carbonyl (C=O) groups excluding carboxylic acids is 1. The topological polar surface area (TPSA) is 39.2 Å². The second-order valence-electron chi connectivity index (χ2n) is 3.77. The van der Waals surface area contributed by atoms with Gasteiger partial charge in [0.25, 0.3) is 0 Å². The van der Waals surface area contributed by atoms with E-state index < -0.39 is 5.97 Å². The van der Waals surface area contributed by atoms with Crippen LogP contribution in [0.4, 0.5) is 0 Å². The summed E-state index contributed by atoms with van der Waals surface area (Å²) in [5.41, 5.74) is 0.864. The molecule has 0 amide bonds. The normalized spacial score (nSPS) is 10.4. The van der Waals surface area contributed by atoms with Crippen molar-refractivity contribution in [2.45, 2.75) is 0 Å². The van der Waals surface area contributed by atoms with E-state index in [0.29, 0.717) is 21.3 Å². The fraction of sp³-hybridized carbons (Fsp3) is 0.0769. The fourth-order valence-electron chi connectivity index (χ4n) is 1.58. The molecule has 104 valence electrons. The van der Waals surface area contributed by atoms with Crippen LogP contribution in [-0.2, 0) is 4.74 Å². The number of methoxy groups -OCH3 is 1. The van der Waals surface area contributed by atoms with E-state index in [4.69, 9.17) is 46.4 Å². The SMILES string of the molecule is COC(=O)c1ccc(Cl)c(-c2cc(Cl)cc(Cl)c2Cl)n1. The molecule has 0 saturated heterocycles. The van der Waals surface area contributed by atoms with Gasteiger partial charge < -0.3 is 4.74 Å². The summed E-state index contributed by atoms with van der Waals surface area (Å²) in [4.78, 5) is 15.7. The Balaban J connectivity index is 2.66. The van der Waals surface area contributed by atoms with Crippen molar-refractivity contribution in [1.29, 1.82) is 0 Å². The van der Waals surface area contributed by atoms with Crippen LogP contribution in [0.15, 0.2) is 24.3 Å². The maximum atomic E-state index is 11.5. The lowest BCUT2D eigenvalue weighted by atomic mass is 10.1. The van der Waals surface area contributed by atoms with Gasteiger partial charge in [0.05, 0.1) is 27.9 Å². The molecule has 0 aliphatic carbocycles. The van der Waals surface area contributed by atoms with Crippen molar-refractivity contribution in [3.63, 3.8) is 0 Å². The molecule has 1 aromatic heterocycles. The van der Waals surface area contributed by atoms with E-state index in [2.05, 4.69) is 9.72 Å². The highest BCUT2D eigenvalue weighted by Crippen LogP contribution is 2.38. The predicted octanol–water partition coefficient (Wildman–Crippen LogP) is 5.15. The summed E-state index contributed by atoms with van der Waals surface area (Å²) in [6.07, 6.45) is 0. The third-order valence-electron chi connectivity index (χ3n) is 2.49. The van der Waals surface area contributed by atoms with Crippen molar-refractivity contribution in [2.75, 3.05) is 7.11 Å². The summed E-state index contributed by atoms with van der Waals surface area (Å²) in [5.74, 6) is -0.577. The maximum Gasteiger partial charge on any atom is 0.356 e. The van der Waals surface area contributed by atoms with E-state index in [9.17, 15) is 4.79 Å². The number of rotatable bonds is 2. The highest BCUT2D eigenvalue weighted by atomic mass is 35.5. The van der Waals surface area contributed by atoms with Crippen molar-refractivity contribution >= 4 is 52.4 Å². The molecule has 0 bridgehead atoms. The zero-order chi connectivity index (χ0) is 14.9. The molecule has 1 heterocycles. The minimum atomic E-state index is -0.577. The molecule has 0 fully saturated rings. The molecule has 3 nitrogen and oxygen atoms in total. The first-order chi connectivity index (χ1) is 9.43. The Bertz CT molecular complexity index is 688. The van der Waals surface area contributed by atoms with Crippen LogP contribution in [0.3, 0.4) is 0 Å². The number of halogens is 4. The van der Waals surface area contributed by atoms with Gasteiger partial charge in [-0.25, -0.2) is 9.78 Å². The lowest BCUT2D eigenvalue weighted by molar-refractivity contribution is 0.0594. The molecule has 1 aromatic carbocycles. The zero-order valence-electron chi connectivity index (χ0n) is 10.1. The van der Waals surface area contributed by atoms with Gasteiger partial charge in [0, 0.05) is 10.6 Å². The van der Waals surface area contributed by atoms with Crippen molar-refractivity contribution in [3.05, 3.63) is 50.0 Å². The van der Waals surface area contributed by atoms with Gasteiger partial charge in [-0.15, -0.1) is 0 Å². The number of pyridine rings is 1. The third kappa shape index (κ3) is 3.01. The Hall–Kier alpha value is -1.000. The number of benzene rings is 1. The molecule has 0 N–H and O–H groups in total. The summed E-state index contributed by atoms with van der Waals surface area (Å²) in [6, 6.07) is 6.07. The molecule has 0 spiro atoms. The molecule has 0 atom stereocenters. The van der Waals surface area contributed by atoms with Gasteiger partial charge in [0.15, 0.2) is 0 Å². The second kappa shape index (κ2) is 6.19. The van der Waals surface area contributed by atoms with Crippen molar-refractivity contribution < 1.29 is 9.53 Å². The van der Waals surface area contributed by atoms with E-state index in [0.717, 1.165) is 0 Å². The van der Waals surface area contributed by atoms with Crippen molar-refractivity contribution in [2.24, 2.45) is 0 Å². The maximum absolute atomic E-state index is 11.5. The van der Waals surface area contributed by atoms with Gasteiger partial charge >= 0.3 is 5.97 Å². The number of ether oxygens (including phenoxy) is 1. The second-order valence-corrected chi connectivity index (χ2v) is 5.40. The molecular weight excluding hydrogens is 344 g/mol.